The lowest BCUT2D eigenvalue weighted by atomic mass is 9.97. The number of aromatic nitrogens is 1. The molecule has 1 amide bonds. The van der Waals surface area contributed by atoms with Crippen LogP contribution in [0.4, 0.5) is 0 Å². The van der Waals surface area contributed by atoms with E-state index >= 15 is 0 Å². The average Bonchev–Trinajstić information content (AvgIpc) is 3.12. The van der Waals surface area contributed by atoms with Gasteiger partial charge in [-0.05, 0) is 43.3 Å². The standard InChI is InChI=1S/C18H23N3O3/c1-20(2)6-8-24-13-16-10-19-9-15-11-21(5-3-17(15)16)18(22)14-4-7-23-12-14/h4,7,9-10,12H,3,5-6,8,11,13H2,1-2H3. The Morgan fingerprint density at radius 2 is 2.29 bits per heavy atom. The first kappa shape index (κ1) is 16.7. The number of furan rings is 1. The van der Waals surface area contributed by atoms with Crippen LogP contribution in [-0.2, 0) is 24.3 Å². The van der Waals surface area contributed by atoms with Gasteiger partial charge in [-0.15, -0.1) is 0 Å². The Kier molecular flexibility index (Phi) is 5.27. The molecule has 0 saturated carbocycles. The van der Waals surface area contributed by atoms with Gasteiger partial charge in [0.1, 0.15) is 6.26 Å². The van der Waals surface area contributed by atoms with Gasteiger partial charge in [-0.1, -0.05) is 0 Å². The van der Waals surface area contributed by atoms with E-state index in [2.05, 4.69) is 9.88 Å². The van der Waals surface area contributed by atoms with Crippen molar-refractivity contribution in [2.75, 3.05) is 33.8 Å². The summed E-state index contributed by atoms with van der Waals surface area (Å²) in [4.78, 5) is 20.7. The molecule has 0 unspecified atom stereocenters. The third kappa shape index (κ3) is 3.83. The maximum Gasteiger partial charge on any atom is 0.257 e. The minimum absolute atomic E-state index is 0.00189. The van der Waals surface area contributed by atoms with E-state index in [0.717, 1.165) is 24.1 Å². The third-order valence-electron chi connectivity index (χ3n) is 4.22. The van der Waals surface area contributed by atoms with Crippen molar-refractivity contribution in [2.24, 2.45) is 0 Å². The highest BCUT2D eigenvalue weighted by Crippen LogP contribution is 2.23. The van der Waals surface area contributed by atoms with Crippen LogP contribution in [0.1, 0.15) is 27.0 Å². The molecule has 3 rings (SSSR count). The van der Waals surface area contributed by atoms with Crippen molar-refractivity contribution < 1.29 is 13.9 Å². The van der Waals surface area contributed by atoms with E-state index in [1.807, 2.05) is 31.4 Å². The van der Waals surface area contributed by atoms with E-state index in [4.69, 9.17) is 9.15 Å². The summed E-state index contributed by atoms with van der Waals surface area (Å²) < 4.78 is 10.8. The maximum absolute atomic E-state index is 12.4. The lowest BCUT2D eigenvalue weighted by Crippen LogP contribution is -2.36. The molecule has 128 valence electrons. The molecule has 1 aliphatic rings. The molecule has 0 N–H and O–H groups in total. The molecule has 6 heteroatoms. The molecular formula is C18H23N3O3. The van der Waals surface area contributed by atoms with Crippen LogP contribution in [0.2, 0.25) is 0 Å². The number of ether oxygens (including phenoxy) is 1. The first-order chi connectivity index (χ1) is 11.6. The number of hydrogen-bond acceptors (Lipinski definition) is 5. The summed E-state index contributed by atoms with van der Waals surface area (Å²) in [6.07, 6.45) is 7.57. The fraction of sp³-hybridized carbons (Fsp3) is 0.444. The van der Waals surface area contributed by atoms with Gasteiger partial charge in [0.05, 0.1) is 25.0 Å². The highest BCUT2D eigenvalue weighted by Gasteiger charge is 2.24. The number of pyridine rings is 1. The summed E-state index contributed by atoms with van der Waals surface area (Å²) in [5, 5.41) is 0. The zero-order valence-corrected chi connectivity index (χ0v) is 14.2. The molecule has 2 aromatic heterocycles. The van der Waals surface area contributed by atoms with Crippen LogP contribution in [0.3, 0.4) is 0 Å². The van der Waals surface area contributed by atoms with E-state index in [1.54, 1.807) is 6.07 Å². The summed E-state index contributed by atoms with van der Waals surface area (Å²) in [7, 11) is 4.06. The van der Waals surface area contributed by atoms with Gasteiger partial charge >= 0.3 is 0 Å². The SMILES string of the molecule is CN(C)CCOCc1cncc2c1CCN(C(=O)c1ccoc1)C2. The molecule has 0 aromatic carbocycles. The van der Waals surface area contributed by atoms with Crippen LogP contribution in [-0.4, -0.2) is 54.5 Å². The number of fused-ring (bicyclic) bond motifs is 1. The molecule has 1 aliphatic heterocycles. The van der Waals surface area contributed by atoms with Gasteiger partial charge in [-0.3, -0.25) is 9.78 Å². The van der Waals surface area contributed by atoms with E-state index in [0.29, 0.717) is 31.9 Å². The molecule has 2 aromatic rings. The summed E-state index contributed by atoms with van der Waals surface area (Å²) in [6, 6.07) is 1.70. The van der Waals surface area contributed by atoms with Crippen LogP contribution in [0, 0.1) is 0 Å². The van der Waals surface area contributed by atoms with Gasteiger partial charge in [0.2, 0.25) is 0 Å². The van der Waals surface area contributed by atoms with E-state index in [-0.39, 0.29) is 5.91 Å². The fourth-order valence-corrected chi connectivity index (χ4v) is 2.86. The lowest BCUT2D eigenvalue weighted by molar-refractivity contribution is 0.0731. The maximum atomic E-state index is 12.4. The van der Waals surface area contributed by atoms with E-state index < -0.39 is 0 Å². The van der Waals surface area contributed by atoms with Crippen molar-refractivity contribution in [2.45, 2.75) is 19.6 Å². The number of carbonyl (C=O) groups is 1. The molecule has 0 spiro atoms. The van der Waals surface area contributed by atoms with Crippen LogP contribution < -0.4 is 0 Å². The number of carbonyl (C=O) groups excluding carboxylic acids is 1. The minimum atomic E-state index is 0.00189. The van der Waals surface area contributed by atoms with Crippen molar-refractivity contribution in [1.29, 1.82) is 0 Å². The van der Waals surface area contributed by atoms with Gasteiger partial charge < -0.3 is 19.0 Å². The molecule has 0 saturated heterocycles. The number of hydrogen-bond donors (Lipinski definition) is 0. The van der Waals surface area contributed by atoms with Gasteiger partial charge in [0.15, 0.2) is 0 Å². The number of rotatable bonds is 6. The third-order valence-corrected chi connectivity index (χ3v) is 4.22. The quantitative estimate of drug-likeness (QED) is 0.758. The zero-order valence-electron chi connectivity index (χ0n) is 14.2. The second-order valence-corrected chi connectivity index (χ2v) is 6.28. The van der Waals surface area contributed by atoms with Gasteiger partial charge in [0.25, 0.3) is 5.91 Å². The number of amides is 1. The van der Waals surface area contributed by atoms with Crippen molar-refractivity contribution >= 4 is 5.91 Å². The van der Waals surface area contributed by atoms with Gasteiger partial charge in [-0.2, -0.15) is 0 Å². The van der Waals surface area contributed by atoms with Crippen molar-refractivity contribution in [1.82, 2.24) is 14.8 Å². The molecule has 0 fully saturated rings. The predicted molar refractivity (Wildman–Crippen MR) is 89.6 cm³/mol. The number of nitrogens with zero attached hydrogens (tertiary/aromatic N) is 3. The second-order valence-electron chi connectivity index (χ2n) is 6.28. The first-order valence-corrected chi connectivity index (χ1v) is 8.13. The van der Waals surface area contributed by atoms with Crippen LogP contribution >= 0.6 is 0 Å². The van der Waals surface area contributed by atoms with Gasteiger partial charge in [-0.25, -0.2) is 0 Å². The molecule has 0 aliphatic carbocycles. The summed E-state index contributed by atoms with van der Waals surface area (Å²) >= 11 is 0. The molecule has 0 bridgehead atoms. The Labute approximate surface area is 142 Å². The van der Waals surface area contributed by atoms with Crippen LogP contribution in [0.5, 0.6) is 0 Å². The molecule has 0 atom stereocenters. The highest BCUT2D eigenvalue weighted by molar-refractivity contribution is 5.93. The Bertz CT molecular complexity index is 683. The highest BCUT2D eigenvalue weighted by atomic mass is 16.5. The van der Waals surface area contributed by atoms with Crippen molar-refractivity contribution in [3.05, 3.63) is 53.2 Å². The topological polar surface area (TPSA) is 58.8 Å². The van der Waals surface area contributed by atoms with Crippen molar-refractivity contribution in [3.63, 3.8) is 0 Å². The van der Waals surface area contributed by atoms with Crippen LogP contribution in [0.25, 0.3) is 0 Å². The van der Waals surface area contributed by atoms with Crippen molar-refractivity contribution in [3.8, 4) is 0 Å². The smallest absolute Gasteiger partial charge is 0.257 e. The lowest BCUT2D eigenvalue weighted by Gasteiger charge is -2.29. The molecule has 6 nitrogen and oxygen atoms in total. The molecule has 24 heavy (non-hydrogen) atoms. The monoisotopic (exact) mass is 329 g/mol. The first-order valence-electron chi connectivity index (χ1n) is 8.13. The van der Waals surface area contributed by atoms with Gasteiger partial charge in [0, 0.05) is 32.0 Å². The average molecular weight is 329 g/mol. The summed E-state index contributed by atoms with van der Waals surface area (Å²) in [6.45, 7) is 3.44. The normalized spacial score (nSPS) is 14.0. The molecule has 3 heterocycles. The second kappa shape index (κ2) is 7.59. The minimum Gasteiger partial charge on any atom is -0.472 e. The fourth-order valence-electron chi connectivity index (χ4n) is 2.86. The van der Waals surface area contributed by atoms with E-state index in [9.17, 15) is 4.79 Å². The molecule has 0 radical (unpaired) electrons. The zero-order chi connectivity index (χ0) is 16.9. The number of likely N-dealkylation sites (N-methyl/N-ethyl adjacent to an activating group) is 1. The van der Waals surface area contributed by atoms with Crippen LogP contribution in [0.15, 0.2) is 35.4 Å². The Morgan fingerprint density at radius 3 is 3.04 bits per heavy atom. The predicted octanol–water partition coefficient (Wildman–Crippen LogP) is 1.95. The van der Waals surface area contributed by atoms with E-state index in [1.165, 1.54) is 18.1 Å². The Morgan fingerprint density at radius 1 is 1.42 bits per heavy atom. The molecular weight excluding hydrogens is 306 g/mol. The Balaban J connectivity index is 1.65. The summed E-state index contributed by atoms with van der Waals surface area (Å²) in [5.41, 5.74) is 4.09. The summed E-state index contributed by atoms with van der Waals surface area (Å²) in [5.74, 6) is 0.00189. The Hall–Kier alpha value is -2.18. The largest absolute Gasteiger partial charge is 0.472 e.